The van der Waals surface area contributed by atoms with Crippen LogP contribution in [-0.2, 0) is 0 Å². The van der Waals surface area contributed by atoms with Crippen LogP contribution in [0.2, 0.25) is 0 Å². The Morgan fingerprint density at radius 3 is 2.50 bits per heavy atom. The molecule has 1 fully saturated rings. The number of hydrogen-bond donors (Lipinski definition) is 2. The summed E-state index contributed by atoms with van der Waals surface area (Å²) in [6, 6.07) is 7.91. The molecule has 0 spiro atoms. The quantitative estimate of drug-likeness (QED) is 0.716. The van der Waals surface area contributed by atoms with Crippen molar-refractivity contribution >= 4 is 0 Å². The van der Waals surface area contributed by atoms with Gasteiger partial charge in [-0.25, -0.2) is 0 Å². The Bertz CT molecular complexity index is 294. The zero-order chi connectivity index (χ0) is 9.97. The van der Waals surface area contributed by atoms with Gasteiger partial charge in [0.05, 0.1) is 0 Å². The van der Waals surface area contributed by atoms with Gasteiger partial charge in [-0.1, -0.05) is 18.6 Å². The molecule has 1 aliphatic rings. The van der Waals surface area contributed by atoms with Crippen LogP contribution in [0.25, 0.3) is 0 Å². The molecule has 14 heavy (non-hydrogen) atoms. The summed E-state index contributed by atoms with van der Waals surface area (Å²) in [5.41, 5.74) is 7.26. The van der Waals surface area contributed by atoms with Crippen LogP contribution in [0.3, 0.4) is 0 Å². The average Bonchev–Trinajstić information content (AvgIpc) is 2.19. The Morgan fingerprint density at radius 1 is 1.14 bits per heavy atom. The lowest BCUT2D eigenvalue weighted by molar-refractivity contribution is 0.393. The number of benzene rings is 1. The van der Waals surface area contributed by atoms with Crippen LogP contribution in [0, 0.1) is 0 Å². The van der Waals surface area contributed by atoms with Crippen molar-refractivity contribution < 1.29 is 5.11 Å². The Kier molecular flexibility index (Phi) is 2.73. The van der Waals surface area contributed by atoms with E-state index in [1.54, 1.807) is 12.1 Å². The molecule has 0 saturated heterocycles. The lowest BCUT2D eigenvalue weighted by Crippen LogP contribution is -2.26. The lowest BCUT2D eigenvalue weighted by Gasteiger charge is -2.26. The van der Waals surface area contributed by atoms with Gasteiger partial charge < -0.3 is 10.8 Å². The van der Waals surface area contributed by atoms with Crippen molar-refractivity contribution in [2.24, 2.45) is 5.73 Å². The molecule has 1 aromatic carbocycles. The van der Waals surface area contributed by atoms with E-state index in [-0.39, 0.29) is 0 Å². The van der Waals surface area contributed by atoms with E-state index >= 15 is 0 Å². The minimum atomic E-state index is 0.342. The van der Waals surface area contributed by atoms with Crippen molar-refractivity contribution in [3.63, 3.8) is 0 Å². The van der Waals surface area contributed by atoms with Gasteiger partial charge in [-0.3, -0.25) is 0 Å². The van der Waals surface area contributed by atoms with Gasteiger partial charge in [0.1, 0.15) is 5.75 Å². The van der Waals surface area contributed by atoms with E-state index in [1.165, 1.54) is 18.4 Å². The fourth-order valence-electron chi connectivity index (χ4n) is 2.28. The maximum atomic E-state index is 9.18. The summed E-state index contributed by atoms with van der Waals surface area (Å²) < 4.78 is 0. The van der Waals surface area contributed by atoms with Gasteiger partial charge >= 0.3 is 0 Å². The number of aromatic hydroxyl groups is 1. The van der Waals surface area contributed by atoms with E-state index in [0.29, 0.717) is 17.7 Å². The van der Waals surface area contributed by atoms with Crippen LogP contribution in [0.1, 0.15) is 37.2 Å². The molecule has 0 radical (unpaired) electrons. The molecular formula is C12H17NO. The van der Waals surface area contributed by atoms with Gasteiger partial charge in [-0.2, -0.15) is 0 Å². The first-order valence-corrected chi connectivity index (χ1v) is 5.30. The van der Waals surface area contributed by atoms with Gasteiger partial charge in [-0.05, 0) is 42.9 Å². The molecule has 3 N–H and O–H groups in total. The zero-order valence-electron chi connectivity index (χ0n) is 8.32. The molecule has 76 valence electrons. The third-order valence-corrected chi connectivity index (χ3v) is 3.08. The van der Waals surface area contributed by atoms with Crippen LogP contribution in [-0.4, -0.2) is 11.1 Å². The summed E-state index contributed by atoms with van der Waals surface area (Å²) >= 11 is 0. The van der Waals surface area contributed by atoms with Gasteiger partial charge in [0.25, 0.3) is 0 Å². The van der Waals surface area contributed by atoms with E-state index in [4.69, 9.17) is 5.73 Å². The molecule has 0 bridgehead atoms. The standard InChI is InChI=1S/C12H17NO/c13-11-3-1-2-10(8-11)9-4-6-12(14)7-5-9/h4-7,10-11,14H,1-3,8,13H2. The van der Waals surface area contributed by atoms with Crippen molar-refractivity contribution in [3.8, 4) is 5.75 Å². The fourth-order valence-corrected chi connectivity index (χ4v) is 2.28. The van der Waals surface area contributed by atoms with E-state index in [1.807, 2.05) is 12.1 Å². The van der Waals surface area contributed by atoms with Crippen molar-refractivity contribution in [1.29, 1.82) is 0 Å². The summed E-state index contributed by atoms with van der Waals surface area (Å²) in [7, 11) is 0. The second-order valence-corrected chi connectivity index (χ2v) is 4.22. The van der Waals surface area contributed by atoms with Gasteiger partial charge in [0.2, 0.25) is 0 Å². The van der Waals surface area contributed by atoms with Gasteiger partial charge in [0.15, 0.2) is 0 Å². The van der Waals surface area contributed by atoms with Crippen LogP contribution in [0.4, 0.5) is 0 Å². The summed E-state index contributed by atoms with van der Waals surface area (Å²) in [6.07, 6.45) is 4.71. The smallest absolute Gasteiger partial charge is 0.115 e. The lowest BCUT2D eigenvalue weighted by atomic mass is 9.82. The Morgan fingerprint density at radius 2 is 1.86 bits per heavy atom. The molecule has 2 heteroatoms. The maximum absolute atomic E-state index is 9.18. The fraction of sp³-hybridized carbons (Fsp3) is 0.500. The Hall–Kier alpha value is -1.02. The maximum Gasteiger partial charge on any atom is 0.115 e. The van der Waals surface area contributed by atoms with E-state index in [0.717, 1.165) is 12.8 Å². The summed E-state index contributed by atoms with van der Waals surface area (Å²) in [4.78, 5) is 0. The normalized spacial score (nSPS) is 27.5. The molecule has 2 atom stereocenters. The first-order valence-electron chi connectivity index (χ1n) is 5.30. The van der Waals surface area contributed by atoms with E-state index in [9.17, 15) is 5.11 Å². The number of hydrogen-bond acceptors (Lipinski definition) is 2. The number of rotatable bonds is 1. The highest BCUT2D eigenvalue weighted by Gasteiger charge is 2.20. The molecule has 0 amide bonds. The second-order valence-electron chi connectivity index (χ2n) is 4.22. The molecule has 2 unspecified atom stereocenters. The predicted molar refractivity (Wildman–Crippen MR) is 57.3 cm³/mol. The van der Waals surface area contributed by atoms with Crippen molar-refractivity contribution in [3.05, 3.63) is 29.8 Å². The average molecular weight is 191 g/mol. The zero-order valence-corrected chi connectivity index (χ0v) is 8.32. The predicted octanol–water partition coefficient (Wildman–Crippen LogP) is 2.38. The first-order chi connectivity index (χ1) is 6.75. The summed E-state index contributed by atoms with van der Waals surface area (Å²) in [5.74, 6) is 0.938. The van der Waals surface area contributed by atoms with Crippen LogP contribution >= 0.6 is 0 Å². The number of phenolic OH excluding ortho intramolecular Hbond substituents is 1. The van der Waals surface area contributed by atoms with Crippen LogP contribution in [0.5, 0.6) is 5.75 Å². The highest BCUT2D eigenvalue weighted by molar-refractivity contribution is 5.28. The third kappa shape index (κ3) is 2.07. The SMILES string of the molecule is NC1CCCC(c2ccc(O)cc2)C1. The molecule has 0 heterocycles. The third-order valence-electron chi connectivity index (χ3n) is 3.08. The second kappa shape index (κ2) is 4.01. The largest absolute Gasteiger partial charge is 0.508 e. The summed E-state index contributed by atoms with van der Waals surface area (Å²) in [6.45, 7) is 0. The Balaban J connectivity index is 2.10. The first kappa shape index (κ1) is 9.53. The molecule has 0 aromatic heterocycles. The highest BCUT2D eigenvalue weighted by Crippen LogP contribution is 2.32. The van der Waals surface area contributed by atoms with E-state index in [2.05, 4.69) is 0 Å². The topological polar surface area (TPSA) is 46.2 Å². The minimum absolute atomic E-state index is 0.342. The van der Waals surface area contributed by atoms with E-state index < -0.39 is 0 Å². The molecule has 1 saturated carbocycles. The van der Waals surface area contributed by atoms with Crippen molar-refractivity contribution in [1.82, 2.24) is 0 Å². The molecule has 1 aliphatic carbocycles. The molecule has 2 nitrogen and oxygen atoms in total. The van der Waals surface area contributed by atoms with Gasteiger partial charge in [0, 0.05) is 6.04 Å². The molecule has 0 aliphatic heterocycles. The summed E-state index contributed by atoms with van der Waals surface area (Å²) in [5, 5.41) is 9.18. The molecule has 1 aromatic rings. The monoisotopic (exact) mass is 191 g/mol. The molecule has 2 rings (SSSR count). The Labute approximate surface area is 84.7 Å². The highest BCUT2D eigenvalue weighted by atomic mass is 16.3. The minimum Gasteiger partial charge on any atom is -0.508 e. The van der Waals surface area contributed by atoms with Crippen molar-refractivity contribution in [2.45, 2.75) is 37.6 Å². The van der Waals surface area contributed by atoms with Crippen LogP contribution in [0.15, 0.2) is 24.3 Å². The molecular weight excluding hydrogens is 174 g/mol. The van der Waals surface area contributed by atoms with Crippen molar-refractivity contribution in [2.75, 3.05) is 0 Å². The number of nitrogens with two attached hydrogens (primary N) is 1. The van der Waals surface area contributed by atoms with Gasteiger partial charge in [-0.15, -0.1) is 0 Å². The number of phenols is 1. The van der Waals surface area contributed by atoms with Crippen LogP contribution < -0.4 is 5.73 Å².